The summed E-state index contributed by atoms with van der Waals surface area (Å²) in [6.45, 7) is 0.716. The van der Waals surface area contributed by atoms with Gasteiger partial charge in [0.15, 0.2) is 11.6 Å². The zero-order valence-electron chi connectivity index (χ0n) is 16.8. The summed E-state index contributed by atoms with van der Waals surface area (Å²) >= 11 is 6.47. The van der Waals surface area contributed by atoms with Gasteiger partial charge in [-0.2, -0.15) is 5.10 Å². The Morgan fingerprint density at radius 3 is 2.77 bits per heavy atom. The van der Waals surface area contributed by atoms with E-state index in [0.717, 1.165) is 5.39 Å². The first-order valence-corrected chi connectivity index (χ1v) is 10.8. The molecule has 2 fully saturated rings. The molecule has 1 aromatic carbocycles. The Hall–Kier alpha value is -3.13. The highest BCUT2D eigenvalue weighted by molar-refractivity contribution is 6.36. The van der Waals surface area contributed by atoms with Crippen LogP contribution in [0.2, 0.25) is 5.02 Å². The van der Waals surface area contributed by atoms with E-state index in [1.807, 2.05) is 6.07 Å². The molecule has 4 aromatic rings. The van der Waals surface area contributed by atoms with E-state index in [0.29, 0.717) is 52.7 Å². The summed E-state index contributed by atoms with van der Waals surface area (Å²) in [6.07, 6.45) is 12.5. The molecule has 0 radical (unpaired) electrons. The molecule has 0 spiro atoms. The molecule has 3 heterocycles. The fourth-order valence-corrected chi connectivity index (χ4v) is 3.71. The number of hydrogen-bond donors (Lipinski definition) is 3. The maximum atomic E-state index is 15.1. The number of imidazole rings is 1. The van der Waals surface area contributed by atoms with Gasteiger partial charge in [-0.05, 0) is 30.9 Å². The van der Waals surface area contributed by atoms with Gasteiger partial charge in [0.05, 0.1) is 28.6 Å². The molecule has 3 N–H and O–H groups in total. The van der Waals surface area contributed by atoms with E-state index in [2.05, 4.69) is 25.8 Å². The molecular formula is C22H22ClFN6O. The molecule has 31 heavy (non-hydrogen) atoms. The van der Waals surface area contributed by atoms with Crippen molar-refractivity contribution in [2.45, 2.75) is 32.1 Å². The summed E-state index contributed by atoms with van der Waals surface area (Å²) in [5, 5.41) is 13.5. The van der Waals surface area contributed by atoms with Crippen molar-refractivity contribution < 1.29 is 9.18 Å². The average molecular weight is 441 g/mol. The lowest BCUT2D eigenvalue weighted by Crippen LogP contribution is -2.06. The smallest absolute Gasteiger partial charge is 0.212 e. The van der Waals surface area contributed by atoms with Crippen LogP contribution in [0.25, 0.3) is 27.7 Å². The van der Waals surface area contributed by atoms with Gasteiger partial charge in [0.1, 0.15) is 5.65 Å². The molecule has 2 aliphatic rings. The second-order valence-corrected chi connectivity index (χ2v) is 8.37. The molecule has 2 aliphatic carbocycles. The number of rotatable bonds is 6. The molecule has 7 nitrogen and oxygen atoms in total. The quantitative estimate of drug-likeness (QED) is 0.358. The first-order chi connectivity index (χ1) is 15.2. The van der Waals surface area contributed by atoms with Crippen molar-refractivity contribution in [3.8, 4) is 11.1 Å². The molecule has 0 atom stereocenters. The summed E-state index contributed by atoms with van der Waals surface area (Å²) in [5.74, 6) is 0.522. The third-order valence-electron chi connectivity index (χ3n) is 5.35. The highest BCUT2D eigenvalue weighted by Crippen LogP contribution is 2.42. The Labute approximate surface area is 183 Å². The number of carbonyl (C=O) groups is 1. The van der Waals surface area contributed by atoms with Gasteiger partial charge in [-0.15, -0.1) is 0 Å². The highest BCUT2D eigenvalue weighted by atomic mass is 35.5. The average Bonchev–Trinajstić information content (AvgIpc) is 3.70. The van der Waals surface area contributed by atoms with Crippen LogP contribution in [0.5, 0.6) is 0 Å². The van der Waals surface area contributed by atoms with Gasteiger partial charge in [0.2, 0.25) is 6.41 Å². The van der Waals surface area contributed by atoms with Gasteiger partial charge in [-0.3, -0.25) is 9.89 Å². The molecule has 1 amide bonds. The fourth-order valence-electron chi connectivity index (χ4n) is 3.40. The minimum absolute atomic E-state index is 0.0397. The van der Waals surface area contributed by atoms with Gasteiger partial charge in [-0.25, -0.2) is 9.37 Å². The van der Waals surface area contributed by atoms with E-state index in [1.54, 1.807) is 29.1 Å². The summed E-state index contributed by atoms with van der Waals surface area (Å²) in [7, 11) is 0. The maximum absolute atomic E-state index is 15.1. The van der Waals surface area contributed by atoms with Gasteiger partial charge in [-0.1, -0.05) is 30.9 Å². The predicted octanol–water partition coefficient (Wildman–Crippen LogP) is 5.23. The largest absolute Gasteiger partial charge is 0.381 e. The van der Waals surface area contributed by atoms with Crippen LogP contribution in [0.4, 0.5) is 15.9 Å². The zero-order valence-corrected chi connectivity index (χ0v) is 17.5. The maximum Gasteiger partial charge on any atom is 0.212 e. The lowest BCUT2D eigenvalue weighted by atomic mass is 10.0. The number of aromatic nitrogens is 4. The number of carbonyl (C=O) groups excluding carboxylic acids is 1. The van der Waals surface area contributed by atoms with Crippen molar-refractivity contribution in [1.29, 1.82) is 0 Å². The number of nitrogens with zero attached hydrogens (tertiary/aromatic N) is 3. The van der Waals surface area contributed by atoms with Crippen LogP contribution in [-0.2, 0) is 4.79 Å². The molecule has 9 heteroatoms. The Morgan fingerprint density at radius 1 is 1.26 bits per heavy atom. The predicted molar refractivity (Wildman–Crippen MR) is 120 cm³/mol. The van der Waals surface area contributed by atoms with E-state index in [1.165, 1.54) is 32.1 Å². The molecule has 6 rings (SSSR count). The van der Waals surface area contributed by atoms with E-state index >= 15 is 4.39 Å². The van der Waals surface area contributed by atoms with Crippen LogP contribution in [0.15, 0.2) is 30.7 Å². The third-order valence-corrected chi connectivity index (χ3v) is 5.71. The van der Waals surface area contributed by atoms with E-state index < -0.39 is 5.82 Å². The molecule has 0 unspecified atom stereocenters. The Balaban J connectivity index is 0.000000628. The van der Waals surface area contributed by atoms with Gasteiger partial charge in [0.25, 0.3) is 0 Å². The normalized spacial score (nSPS) is 14.9. The summed E-state index contributed by atoms with van der Waals surface area (Å²) in [5.41, 5.74) is 2.86. The number of halogens is 2. The van der Waals surface area contributed by atoms with Crippen LogP contribution in [0, 0.1) is 11.7 Å². The van der Waals surface area contributed by atoms with Crippen molar-refractivity contribution in [3.63, 3.8) is 0 Å². The number of aromatic amines is 1. The number of anilines is 2. The minimum Gasteiger partial charge on any atom is -0.381 e. The number of pyridine rings is 1. The lowest BCUT2D eigenvalue weighted by Gasteiger charge is -2.14. The fraction of sp³-hybridized carbons (Fsp3) is 0.318. The minimum atomic E-state index is -0.497. The number of fused-ring (bicyclic) bond motifs is 2. The SMILES string of the molecule is C1CC1.O=CNc1cn2cc(-c3c(Cl)c(F)c(NCC4CC4)c4[nH]ncc34)ccc2n1. The van der Waals surface area contributed by atoms with Crippen molar-refractivity contribution in [2.24, 2.45) is 5.92 Å². The molecule has 0 aliphatic heterocycles. The van der Waals surface area contributed by atoms with Crippen LogP contribution in [-0.4, -0.2) is 32.5 Å². The van der Waals surface area contributed by atoms with Crippen LogP contribution >= 0.6 is 11.6 Å². The molecular weight excluding hydrogens is 419 g/mol. The molecule has 160 valence electrons. The Morgan fingerprint density at radius 2 is 2.06 bits per heavy atom. The van der Waals surface area contributed by atoms with Crippen LogP contribution < -0.4 is 10.6 Å². The summed E-state index contributed by atoms with van der Waals surface area (Å²) < 4.78 is 16.9. The number of amides is 1. The molecule has 0 saturated heterocycles. The van der Waals surface area contributed by atoms with Crippen molar-refractivity contribution in [1.82, 2.24) is 19.6 Å². The number of nitrogens with one attached hydrogen (secondary N) is 3. The topological polar surface area (TPSA) is 87.1 Å². The Bertz CT molecular complexity index is 1260. The Kier molecular flexibility index (Phi) is 5.23. The highest BCUT2D eigenvalue weighted by Gasteiger charge is 2.25. The molecule has 0 bridgehead atoms. The van der Waals surface area contributed by atoms with Crippen LogP contribution in [0.1, 0.15) is 32.1 Å². The van der Waals surface area contributed by atoms with E-state index in [-0.39, 0.29) is 5.02 Å². The van der Waals surface area contributed by atoms with Crippen molar-refractivity contribution in [2.75, 3.05) is 17.2 Å². The second kappa shape index (κ2) is 8.19. The van der Waals surface area contributed by atoms with Gasteiger partial charge < -0.3 is 15.0 Å². The van der Waals surface area contributed by atoms with Crippen LogP contribution in [0.3, 0.4) is 0 Å². The third kappa shape index (κ3) is 4.07. The first kappa shape index (κ1) is 19.8. The molecule has 3 aromatic heterocycles. The number of H-pyrrole nitrogens is 1. The number of hydrogen-bond acceptors (Lipinski definition) is 4. The zero-order chi connectivity index (χ0) is 21.4. The standard InChI is InChI=1S/C19H16ClFN6O.C3H6/c20-16-15(11-3-4-14-25-13(23-9-28)8-27(14)7-11)12-6-24-26-18(12)19(17(16)21)22-5-10-1-2-10;1-2-3-1/h3-4,6-10,22H,1-2,5H2,(H,23,28)(H,24,26);1-3H2. The second-order valence-electron chi connectivity index (χ2n) is 7.99. The van der Waals surface area contributed by atoms with Crippen molar-refractivity contribution in [3.05, 3.63) is 41.6 Å². The number of benzene rings is 1. The van der Waals surface area contributed by atoms with Crippen molar-refractivity contribution >= 4 is 46.1 Å². The van der Waals surface area contributed by atoms with Gasteiger partial charge in [0, 0.05) is 29.3 Å². The summed E-state index contributed by atoms with van der Waals surface area (Å²) in [6, 6.07) is 3.60. The first-order valence-electron chi connectivity index (χ1n) is 10.4. The van der Waals surface area contributed by atoms with E-state index in [9.17, 15) is 4.79 Å². The summed E-state index contributed by atoms with van der Waals surface area (Å²) in [4.78, 5) is 14.9. The monoisotopic (exact) mass is 440 g/mol. The van der Waals surface area contributed by atoms with Gasteiger partial charge >= 0.3 is 0 Å². The lowest BCUT2D eigenvalue weighted by molar-refractivity contribution is -0.105. The van der Waals surface area contributed by atoms with E-state index in [4.69, 9.17) is 11.6 Å². The molecule has 2 saturated carbocycles.